The fraction of sp³-hybridized carbons (Fsp3) is 0.450. The van der Waals surface area contributed by atoms with Crippen molar-refractivity contribution in [2.75, 3.05) is 7.05 Å². The monoisotopic (exact) mass is 469 g/mol. The summed E-state index contributed by atoms with van der Waals surface area (Å²) in [6.45, 7) is 0. The van der Waals surface area contributed by atoms with Crippen molar-refractivity contribution in [2.24, 2.45) is 0 Å². The fourth-order valence-corrected chi connectivity index (χ4v) is 5.60. The molecule has 5 heterocycles. The van der Waals surface area contributed by atoms with Crippen LogP contribution in [0.1, 0.15) is 41.9 Å². The van der Waals surface area contributed by atoms with Crippen LogP contribution < -0.4 is 5.32 Å². The van der Waals surface area contributed by atoms with E-state index in [1.165, 1.54) is 11.3 Å². The number of nitrogens with one attached hydrogen (secondary N) is 1. The van der Waals surface area contributed by atoms with E-state index in [0.29, 0.717) is 21.5 Å². The molecule has 0 aromatic carbocycles. The van der Waals surface area contributed by atoms with E-state index in [0.717, 1.165) is 31.7 Å². The Balaban J connectivity index is 1.51. The second kappa shape index (κ2) is 7.46. The van der Waals surface area contributed by atoms with Gasteiger partial charge in [-0.25, -0.2) is 9.50 Å². The van der Waals surface area contributed by atoms with Crippen LogP contribution in [0, 0.1) is 0 Å². The molecule has 0 saturated carbocycles. The number of thiophene rings is 1. The zero-order valence-corrected chi connectivity index (χ0v) is 18.1. The van der Waals surface area contributed by atoms with Gasteiger partial charge in [-0.2, -0.15) is 18.3 Å². The third-order valence-corrected chi connectivity index (χ3v) is 7.49. The first-order valence-corrected chi connectivity index (χ1v) is 11.2. The van der Waals surface area contributed by atoms with Gasteiger partial charge in [-0.05, 0) is 50.2 Å². The van der Waals surface area contributed by atoms with Gasteiger partial charge in [0.25, 0.3) is 5.91 Å². The summed E-state index contributed by atoms with van der Waals surface area (Å²) in [6, 6.07) is 5.10. The molecule has 2 aliphatic rings. The molecule has 0 aliphatic carbocycles. The third kappa shape index (κ3) is 3.60. The van der Waals surface area contributed by atoms with E-state index >= 15 is 0 Å². The lowest BCUT2D eigenvalue weighted by Crippen LogP contribution is -2.48. The van der Waals surface area contributed by atoms with E-state index in [1.807, 2.05) is 0 Å². The van der Waals surface area contributed by atoms with E-state index in [2.05, 4.69) is 27.3 Å². The molecule has 5 rings (SSSR count). The molecule has 11 heteroatoms. The number of aromatic nitrogens is 3. The van der Waals surface area contributed by atoms with Crippen molar-refractivity contribution in [2.45, 2.75) is 50.0 Å². The van der Waals surface area contributed by atoms with E-state index < -0.39 is 17.8 Å². The molecule has 1 N–H and O–H groups in total. The number of halogens is 4. The quantitative estimate of drug-likeness (QED) is 0.614. The Morgan fingerprint density at radius 1 is 1.29 bits per heavy atom. The number of amides is 1. The first kappa shape index (κ1) is 20.7. The van der Waals surface area contributed by atoms with E-state index in [9.17, 15) is 18.0 Å². The normalized spacial score (nSPS) is 24.1. The van der Waals surface area contributed by atoms with E-state index in [1.54, 1.807) is 17.5 Å². The van der Waals surface area contributed by atoms with Crippen molar-refractivity contribution in [1.29, 1.82) is 0 Å². The smallest absolute Gasteiger partial charge is 0.348 e. The van der Waals surface area contributed by atoms with Crippen LogP contribution in [0.5, 0.6) is 0 Å². The number of nitrogens with zero attached hydrogens (tertiary/aromatic N) is 4. The van der Waals surface area contributed by atoms with E-state index in [4.69, 9.17) is 11.6 Å². The topological polar surface area (TPSA) is 62.5 Å². The largest absolute Gasteiger partial charge is 0.433 e. The Hall–Kier alpha value is -2.17. The van der Waals surface area contributed by atoms with Gasteiger partial charge < -0.3 is 10.2 Å². The number of fused-ring (bicyclic) bond motifs is 3. The lowest BCUT2D eigenvalue weighted by Gasteiger charge is -2.36. The van der Waals surface area contributed by atoms with Crippen LogP contribution in [0.3, 0.4) is 0 Å². The van der Waals surface area contributed by atoms with Gasteiger partial charge in [-0.15, -0.1) is 11.3 Å². The molecule has 1 unspecified atom stereocenters. The Morgan fingerprint density at radius 3 is 2.61 bits per heavy atom. The van der Waals surface area contributed by atoms with Gasteiger partial charge in [0, 0.05) is 18.1 Å². The molecule has 6 nitrogen and oxygen atoms in total. The standard InChI is InChI=1S/C20H19ClF3N5OS/c1-28-11-4-5-12(28)8-10(7-11)25-19(30)17-16(21)18-26-13(14-3-2-6-31-14)9-15(20(22,23)24)29(18)27-17/h2-3,6,9-12H,4-5,7-8H2,1H3,(H,25,30)/t10?,11-,12+. The van der Waals surface area contributed by atoms with Crippen molar-refractivity contribution in [3.05, 3.63) is 40.0 Å². The number of rotatable bonds is 3. The zero-order valence-electron chi connectivity index (χ0n) is 16.5. The maximum Gasteiger partial charge on any atom is 0.433 e. The molecule has 2 bridgehead atoms. The lowest BCUT2D eigenvalue weighted by atomic mass is 9.98. The highest BCUT2D eigenvalue weighted by Gasteiger charge is 2.40. The minimum atomic E-state index is -4.69. The van der Waals surface area contributed by atoms with Gasteiger partial charge in [0.15, 0.2) is 17.0 Å². The van der Waals surface area contributed by atoms with E-state index in [-0.39, 0.29) is 28.1 Å². The summed E-state index contributed by atoms with van der Waals surface area (Å²) < 4.78 is 41.9. The zero-order chi connectivity index (χ0) is 21.9. The number of piperidine rings is 1. The minimum Gasteiger partial charge on any atom is -0.348 e. The summed E-state index contributed by atoms with van der Waals surface area (Å²) >= 11 is 7.61. The second-order valence-electron chi connectivity index (χ2n) is 8.09. The number of hydrogen-bond acceptors (Lipinski definition) is 5. The van der Waals surface area contributed by atoms with Crippen molar-refractivity contribution in [1.82, 2.24) is 24.8 Å². The molecule has 0 spiro atoms. The maximum atomic E-state index is 13.8. The molecule has 2 aliphatic heterocycles. The minimum absolute atomic E-state index is 0.0567. The van der Waals surface area contributed by atoms with Gasteiger partial charge >= 0.3 is 6.18 Å². The van der Waals surface area contributed by atoms with Crippen molar-refractivity contribution in [3.8, 4) is 10.6 Å². The number of carbonyl (C=O) groups is 1. The van der Waals surface area contributed by atoms with Crippen LogP contribution in [0.15, 0.2) is 23.6 Å². The highest BCUT2D eigenvalue weighted by atomic mass is 35.5. The lowest BCUT2D eigenvalue weighted by molar-refractivity contribution is -0.142. The second-order valence-corrected chi connectivity index (χ2v) is 9.42. The molecule has 31 heavy (non-hydrogen) atoms. The molecule has 3 atom stereocenters. The fourth-order valence-electron chi connectivity index (χ4n) is 4.67. The molecule has 3 aromatic heterocycles. The average Bonchev–Trinajstić information content (AvgIpc) is 3.39. The summed E-state index contributed by atoms with van der Waals surface area (Å²) in [7, 11) is 2.09. The molecule has 1 amide bonds. The van der Waals surface area contributed by atoms with Gasteiger partial charge in [0.1, 0.15) is 5.02 Å². The molecule has 2 saturated heterocycles. The first-order valence-electron chi connectivity index (χ1n) is 9.95. The maximum absolute atomic E-state index is 13.8. The van der Waals surface area contributed by atoms with Gasteiger partial charge in [0.05, 0.1) is 10.6 Å². The Morgan fingerprint density at radius 2 is 2.00 bits per heavy atom. The van der Waals surface area contributed by atoms with Crippen LogP contribution in [0.4, 0.5) is 13.2 Å². The molecule has 2 fully saturated rings. The summed E-state index contributed by atoms with van der Waals surface area (Å²) in [5.74, 6) is -0.574. The SMILES string of the molecule is CN1[C@@H]2CC[C@H]1CC(NC(=O)c1nn3c(C(F)(F)F)cc(-c4cccs4)nc3c1Cl)C2. The van der Waals surface area contributed by atoms with Crippen molar-refractivity contribution in [3.63, 3.8) is 0 Å². The van der Waals surface area contributed by atoms with Crippen molar-refractivity contribution < 1.29 is 18.0 Å². The Labute approximate surface area is 185 Å². The van der Waals surface area contributed by atoms with Crippen LogP contribution in [-0.4, -0.2) is 50.6 Å². The predicted octanol–water partition coefficient (Wildman–Crippen LogP) is 4.49. The van der Waals surface area contributed by atoms with Crippen LogP contribution in [0.25, 0.3) is 16.2 Å². The molecular weight excluding hydrogens is 451 g/mol. The first-order chi connectivity index (χ1) is 14.7. The molecular formula is C20H19ClF3N5OS. The van der Waals surface area contributed by atoms with Crippen LogP contribution in [0.2, 0.25) is 5.02 Å². The molecule has 3 aromatic rings. The van der Waals surface area contributed by atoms with Crippen LogP contribution >= 0.6 is 22.9 Å². The average molecular weight is 470 g/mol. The highest BCUT2D eigenvalue weighted by Crippen LogP contribution is 2.36. The summed E-state index contributed by atoms with van der Waals surface area (Å²) in [5.41, 5.74) is -1.32. The summed E-state index contributed by atoms with van der Waals surface area (Å²) in [6.07, 6.45) is -0.903. The number of hydrogen-bond donors (Lipinski definition) is 1. The summed E-state index contributed by atoms with van der Waals surface area (Å²) in [4.78, 5) is 20.1. The van der Waals surface area contributed by atoms with Crippen LogP contribution in [-0.2, 0) is 6.18 Å². The third-order valence-electron chi connectivity index (χ3n) is 6.25. The van der Waals surface area contributed by atoms with Gasteiger partial charge in [-0.1, -0.05) is 17.7 Å². The Kier molecular flexibility index (Phi) is 4.98. The molecule has 164 valence electrons. The predicted molar refractivity (Wildman–Crippen MR) is 111 cm³/mol. The Bertz CT molecular complexity index is 1130. The van der Waals surface area contributed by atoms with Gasteiger partial charge in [-0.3, -0.25) is 4.79 Å². The number of alkyl halides is 3. The highest BCUT2D eigenvalue weighted by molar-refractivity contribution is 7.13. The van der Waals surface area contributed by atoms with Gasteiger partial charge in [0.2, 0.25) is 0 Å². The van der Waals surface area contributed by atoms with Crippen molar-refractivity contribution >= 4 is 34.5 Å². The number of carbonyl (C=O) groups excluding carboxylic acids is 1. The molecule has 0 radical (unpaired) electrons. The summed E-state index contributed by atoms with van der Waals surface area (Å²) in [5, 5.41) is 8.41.